The van der Waals surface area contributed by atoms with E-state index in [0.717, 1.165) is 31.6 Å². The van der Waals surface area contributed by atoms with Crippen LogP contribution in [0.2, 0.25) is 0 Å². The van der Waals surface area contributed by atoms with Gasteiger partial charge in [0.05, 0.1) is 25.0 Å². The first-order valence-electron chi connectivity index (χ1n) is 6.86. The maximum Gasteiger partial charge on any atom is 0.237 e. The number of furan rings is 1. The van der Waals surface area contributed by atoms with Gasteiger partial charge in [0.1, 0.15) is 5.76 Å². The van der Waals surface area contributed by atoms with Gasteiger partial charge in [0, 0.05) is 0 Å². The minimum Gasteiger partial charge on any atom is -0.467 e. The molecule has 0 aromatic carbocycles. The lowest BCUT2D eigenvalue weighted by Crippen LogP contribution is -2.43. The van der Waals surface area contributed by atoms with E-state index in [4.69, 9.17) is 4.42 Å². The zero-order valence-electron chi connectivity index (χ0n) is 11.3. The van der Waals surface area contributed by atoms with Crippen LogP contribution in [0.25, 0.3) is 0 Å². The van der Waals surface area contributed by atoms with Gasteiger partial charge in [-0.3, -0.25) is 4.79 Å². The molecule has 1 fully saturated rings. The Labute approximate surface area is 113 Å². The number of nitrogens with one attached hydrogen (secondary N) is 2. The van der Waals surface area contributed by atoms with Crippen molar-refractivity contribution in [1.29, 1.82) is 0 Å². The quantitative estimate of drug-likeness (QED) is 0.719. The van der Waals surface area contributed by atoms with Crippen molar-refractivity contribution in [3.63, 3.8) is 0 Å². The summed E-state index contributed by atoms with van der Waals surface area (Å²) in [5.41, 5.74) is 0. The zero-order valence-corrected chi connectivity index (χ0v) is 11.3. The predicted octanol–water partition coefficient (Wildman–Crippen LogP) is 1.03. The van der Waals surface area contributed by atoms with E-state index in [1.807, 2.05) is 13.0 Å². The second-order valence-electron chi connectivity index (χ2n) is 5.26. The van der Waals surface area contributed by atoms with Crippen molar-refractivity contribution in [1.82, 2.24) is 10.6 Å². The lowest BCUT2D eigenvalue weighted by molar-refractivity contribution is -0.123. The smallest absolute Gasteiger partial charge is 0.237 e. The van der Waals surface area contributed by atoms with Crippen molar-refractivity contribution in [3.05, 3.63) is 24.2 Å². The predicted molar refractivity (Wildman–Crippen MR) is 71.4 cm³/mol. The van der Waals surface area contributed by atoms with E-state index < -0.39 is 0 Å². The van der Waals surface area contributed by atoms with E-state index in [1.165, 1.54) is 0 Å². The molecule has 1 aromatic heterocycles. The monoisotopic (exact) mass is 266 g/mol. The molecule has 0 bridgehead atoms. The first kappa shape index (κ1) is 14.1. The summed E-state index contributed by atoms with van der Waals surface area (Å²) in [4.78, 5) is 11.8. The van der Waals surface area contributed by atoms with Crippen molar-refractivity contribution in [2.75, 3.05) is 6.54 Å². The number of carbonyl (C=O) groups is 1. The number of aliphatic hydroxyl groups is 1. The van der Waals surface area contributed by atoms with Gasteiger partial charge in [-0.25, -0.2) is 0 Å². The molecule has 1 aliphatic carbocycles. The third kappa shape index (κ3) is 4.36. The summed E-state index contributed by atoms with van der Waals surface area (Å²) in [7, 11) is 0. The molecule has 1 amide bonds. The second-order valence-corrected chi connectivity index (χ2v) is 5.26. The summed E-state index contributed by atoms with van der Waals surface area (Å²) < 4.78 is 5.15. The number of carbonyl (C=O) groups excluding carboxylic acids is 1. The summed E-state index contributed by atoms with van der Waals surface area (Å²) in [5.74, 6) is 1.20. The average Bonchev–Trinajstić information content (AvgIpc) is 3.04. The van der Waals surface area contributed by atoms with Crippen LogP contribution in [0.4, 0.5) is 0 Å². The number of amides is 1. The number of aliphatic hydroxyl groups excluding tert-OH is 1. The molecule has 0 aliphatic heterocycles. The van der Waals surface area contributed by atoms with Crippen LogP contribution in [0.5, 0.6) is 0 Å². The molecule has 19 heavy (non-hydrogen) atoms. The fourth-order valence-corrected chi connectivity index (χ4v) is 2.41. The molecule has 0 radical (unpaired) electrons. The van der Waals surface area contributed by atoms with Gasteiger partial charge in [0.15, 0.2) is 0 Å². The molecule has 1 aromatic rings. The van der Waals surface area contributed by atoms with E-state index in [1.54, 1.807) is 12.3 Å². The van der Waals surface area contributed by atoms with Crippen molar-refractivity contribution in [2.24, 2.45) is 5.92 Å². The van der Waals surface area contributed by atoms with Gasteiger partial charge in [-0.1, -0.05) is 0 Å². The fraction of sp³-hybridized carbons (Fsp3) is 0.643. The molecule has 3 unspecified atom stereocenters. The average molecular weight is 266 g/mol. The Bertz CT molecular complexity index is 391. The highest BCUT2D eigenvalue weighted by atomic mass is 16.3. The van der Waals surface area contributed by atoms with Crippen molar-refractivity contribution < 1.29 is 14.3 Å². The van der Waals surface area contributed by atoms with Crippen molar-refractivity contribution in [2.45, 2.75) is 44.9 Å². The van der Waals surface area contributed by atoms with E-state index in [-0.39, 0.29) is 18.1 Å². The molecule has 1 heterocycles. The first-order valence-corrected chi connectivity index (χ1v) is 6.86. The molecule has 3 N–H and O–H groups in total. The van der Waals surface area contributed by atoms with Crippen LogP contribution in [0, 0.1) is 5.92 Å². The van der Waals surface area contributed by atoms with Gasteiger partial charge in [-0.15, -0.1) is 0 Å². The largest absolute Gasteiger partial charge is 0.467 e. The van der Waals surface area contributed by atoms with Crippen molar-refractivity contribution in [3.8, 4) is 0 Å². The summed E-state index contributed by atoms with van der Waals surface area (Å²) in [6.45, 7) is 3.05. The van der Waals surface area contributed by atoms with Crippen LogP contribution in [0.3, 0.4) is 0 Å². The molecule has 0 spiro atoms. The Kier molecular flexibility index (Phi) is 4.99. The first-order chi connectivity index (χ1) is 9.15. The molecule has 5 nitrogen and oxygen atoms in total. The van der Waals surface area contributed by atoms with Crippen LogP contribution in [0.1, 0.15) is 31.9 Å². The number of rotatable bonds is 6. The summed E-state index contributed by atoms with van der Waals surface area (Å²) in [5, 5.41) is 15.5. The van der Waals surface area contributed by atoms with Crippen molar-refractivity contribution >= 4 is 5.91 Å². The Morgan fingerprint density at radius 2 is 2.42 bits per heavy atom. The molecular weight excluding hydrogens is 244 g/mol. The number of hydrogen-bond acceptors (Lipinski definition) is 4. The highest BCUT2D eigenvalue weighted by Gasteiger charge is 2.23. The normalized spacial score (nSPS) is 24.3. The van der Waals surface area contributed by atoms with Gasteiger partial charge in [-0.05, 0) is 50.8 Å². The molecule has 1 saturated carbocycles. The minimum atomic E-state index is -0.229. The molecule has 5 heteroatoms. The van der Waals surface area contributed by atoms with Gasteiger partial charge in [0.25, 0.3) is 0 Å². The molecule has 1 aliphatic rings. The summed E-state index contributed by atoms with van der Waals surface area (Å²) in [6.07, 6.45) is 4.19. The molecule has 2 rings (SSSR count). The van der Waals surface area contributed by atoms with E-state index in [9.17, 15) is 9.90 Å². The van der Waals surface area contributed by atoms with E-state index in [2.05, 4.69) is 10.6 Å². The Balaban J connectivity index is 1.64. The highest BCUT2D eigenvalue weighted by Crippen LogP contribution is 2.24. The Hall–Kier alpha value is -1.33. The Morgan fingerprint density at radius 1 is 1.58 bits per heavy atom. The third-order valence-electron chi connectivity index (χ3n) is 3.64. The standard InChI is InChI=1S/C14H22N2O3/c1-10(15-8-11-4-5-12(17)7-11)14(18)16-9-13-3-2-6-19-13/h2-3,6,10-12,15,17H,4-5,7-9H2,1H3,(H,16,18). The molecule has 106 valence electrons. The van der Waals surface area contributed by atoms with Gasteiger partial charge >= 0.3 is 0 Å². The SMILES string of the molecule is CC(NCC1CCC(O)C1)C(=O)NCc1ccco1. The summed E-state index contributed by atoms with van der Waals surface area (Å²) >= 11 is 0. The fourth-order valence-electron chi connectivity index (χ4n) is 2.41. The third-order valence-corrected chi connectivity index (χ3v) is 3.64. The van der Waals surface area contributed by atoms with Crippen LogP contribution in [-0.4, -0.2) is 29.7 Å². The van der Waals surface area contributed by atoms with Crippen LogP contribution >= 0.6 is 0 Å². The van der Waals surface area contributed by atoms with Gasteiger partial charge in [-0.2, -0.15) is 0 Å². The van der Waals surface area contributed by atoms with Gasteiger partial charge in [0.2, 0.25) is 5.91 Å². The lowest BCUT2D eigenvalue weighted by atomic mass is 10.1. The lowest BCUT2D eigenvalue weighted by Gasteiger charge is -2.16. The van der Waals surface area contributed by atoms with Crippen LogP contribution in [-0.2, 0) is 11.3 Å². The molecular formula is C14H22N2O3. The van der Waals surface area contributed by atoms with Gasteiger partial charge < -0.3 is 20.2 Å². The summed E-state index contributed by atoms with van der Waals surface area (Å²) in [6, 6.07) is 3.40. The minimum absolute atomic E-state index is 0.0325. The highest BCUT2D eigenvalue weighted by molar-refractivity contribution is 5.81. The number of hydrogen-bond donors (Lipinski definition) is 3. The topological polar surface area (TPSA) is 74.5 Å². The zero-order chi connectivity index (χ0) is 13.7. The maximum atomic E-state index is 11.8. The van der Waals surface area contributed by atoms with Crippen LogP contribution < -0.4 is 10.6 Å². The maximum absolute atomic E-state index is 11.8. The molecule has 0 saturated heterocycles. The second kappa shape index (κ2) is 6.73. The Morgan fingerprint density at radius 3 is 3.05 bits per heavy atom. The van der Waals surface area contributed by atoms with Crippen LogP contribution in [0.15, 0.2) is 22.8 Å². The molecule has 3 atom stereocenters. The van der Waals surface area contributed by atoms with E-state index >= 15 is 0 Å². The van der Waals surface area contributed by atoms with E-state index in [0.29, 0.717) is 12.5 Å².